The molecule has 0 unspecified atom stereocenters. The molecule has 12 aromatic rings. The Morgan fingerprint density at radius 3 is 1.53 bits per heavy atom. The van der Waals surface area contributed by atoms with Crippen molar-refractivity contribution in [2.45, 2.75) is 70.7 Å². The number of para-hydroxylation sites is 2. The average Bonchev–Trinajstić information content (AvgIpc) is 4.46. The van der Waals surface area contributed by atoms with Gasteiger partial charge in [-0.15, -0.1) is 32.9 Å². The first kappa shape index (κ1) is 52.4. The van der Waals surface area contributed by atoms with Crippen LogP contribution in [0.2, 0.25) is 0 Å². The number of sulfonamides is 1. The van der Waals surface area contributed by atoms with Gasteiger partial charge in [0.1, 0.15) is 15.9 Å². The molecule has 0 bridgehead atoms. The normalized spacial score (nSPS) is 11.5. The molecule has 0 radical (unpaired) electrons. The number of hydrogen-bond donors (Lipinski definition) is 2. The Balaban J connectivity index is 0.000000170. The first-order valence-electron chi connectivity index (χ1n) is 26.3. The molecule has 394 valence electrons. The van der Waals surface area contributed by atoms with Crippen LogP contribution in [0.4, 0.5) is 0 Å². The summed E-state index contributed by atoms with van der Waals surface area (Å²) < 4.78 is 34.3. The molecule has 1 amide bonds. The number of aryl methyl sites for hydroxylation is 4. The van der Waals surface area contributed by atoms with E-state index in [0.29, 0.717) is 24.4 Å². The predicted molar refractivity (Wildman–Crippen MR) is 318 cm³/mol. The topological polar surface area (TPSA) is 153 Å². The second kappa shape index (κ2) is 23.1. The second-order valence-corrected chi connectivity index (χ2v) is 23.6. The van der Waals surface area contributed by atoms with Crippen molar-refractivity contribution in [2.24, 2.45) is 0 Å². The zero-order chi connectivity index (χ0) is 54.5. The maximum Gasteiger partial charge on any atom is 0.274 e. The third-order valence-electron chi connectivity index (χ3n) is 14.0. The summed E-state index contributed by atoms with van der Waals surface area (Å²) in [6, 6.07) is 62.5. The second-order valence-electron chi connectivity index (χ2n) is 19.4. The van der Waals surface area contributed by atoms with E-state index in [1.165, 1.54) is 38.4 Å². The molecule has 0 aliphatic carbocycles. The number of carbonyl (C=O) groups excluding carboxylic acids is 1. The number of hydrogen-bond acceptors (Lipinski definition) is 10. The Labute approximate surface area is 467 Å². The molecule has 0 atom stereocenters. The van der Waals surface area contributed by atoms with Gasteiger partial charge in [0.2, 0.25) is 5.82 Å². The SMILES string of the molecule is CCc1nc2c(C)cccc2n1Cc1ccc(-c2cc(Cc3ccccc3)sc2-c2nn[nH]n2)cc1.CCc1nc2c(C)cccc2n1Cc1ccc(-c2cc(Cc3ccccc3)sc2S(=O)(=O)NC(=O)c2ccccc2)cc1. The number of imidazole rings is 2. The Kier molecular flexibility index (Phi) is 15.4. The molecular weight excluding hydrogens is 1040 g/mol. The van der Waals surface area contributed by atoms with Crippen LogP contribution in [0.3, 0.4) is 0 Å². The van der Waals surface area contributed by atoms with E-state index < -0.39 is 15.9 Å². The van der Waals surface area contributed by atoms with E-state index in [1.807, 2.05) is 66.7 Å². The Bertz CT molecular complexity index is 4170. The third-order valence-corrected chi connectivity index (χ3v) is 18.1. The highest BCUT2D eigenvalue weighted by atomic mass is 32.2. The molecule has 2 N–H and O–H groups in total. The fourth-order valence-electron chi connectivity index (χ4n) is 10.00. The molecule has 0 aliphatic heterocycles. The number of tetrazole rings is 1. The maximum atomic E-state index is 13.6. The molecule has 15 heteroatoms. The molecule has 0 saturated carbocycles. The highest BCUT2D eigenvalue weighted by molar-refractivity contribution is 7.92. The van der Waals surface area contributed by atoms with E-state index >= 15 is 0 Å². The van der Waals surface area contributed by atoms with Gasteiger partial charge in [-0.1, -0.05) is 166 Å². The van der Waals surface area contributed by atoms with Crippen LogP contribution < -0.4 is 4.72 Å². The van der Waals surface area contributed by atoms with Crippen molar-refractivity contribution in [3.8, 4) is 33.0 Å². The average molecular weight is 1100 g/mol. The number of nitrogens with one attached hydrogen (secondary N) is 2. The number of fused-ring (bicyclic) bond motifs is 2. The smallest absolute Gasteiger partial charge is 0.274 e. The van der Waals surface area contributed by atoms with Gasteiger partial charge in [0.05, 0.1) is 26.9 Å². The molecule has 12 nitrogen and oxygen atoms in total. The predicted octanol–water partition coefficient (Wildman–Crippen LogP) is 13.8. The fraction of sp³-hybridized carbons (Fsp3) is 0.156. The molecule has 0 fully saturated rings. The number of rotatable bonds is 16. The van der Waals surface area contributed by atoms with Gasteiger partial charge in [0, 0.05) is 65.2 Å². The molecule has 79 heavy (non-hydrogen) atoms. The van der Waals surface area contributed by atoms with Crippen molar-refractivity contribution in [3.63, 3.8) is 0 Å². The van der Waals surface area contributed by atoms with Crippen molar-refractivity contribution in [2.75, 3.05) is 0 Å². The van der Waals surface area contributed by atoms with E-state index in [2.05, 4.69) is 153 Å². The molecule has 0 spiro atoms. The lowest BCUT2D eigenvalue weighted by Gasteiger charge is -2.11. The summed E-state index contributed by atoms with van der Waals surface area (Å²) in [5, 5.41) is 14.9. The molecule has 5 heterocycles. The van der Waals surface area contributed by atoms with E-state index in [0.717, 1.165) is 97.1 Å². The number of benzene rings is 7. The highest BCUT2D eigenvalue weighted by Gasteiger charge is 2.27. The zero-order valence-electron chi connectivity index (χ0n) is 44.2. The summed E-state index contributed by atoms with van der Waals surface area (Å²) >= 11 is 2.92. The number of thiophene rings is 2. The minimum absolute atomic E-state index is 0.125. The van der Waals surface area contributed by atoms with Crippen LogP contribution in [0, 0.1) is 13.8 Å². The van der Waals surface area contributed by atoms with Crippen molar-refractivity contribution in [3.05, 3.63) is 248 Å². The highest BCUT2D eigenvalue weighted by Crippen LogP contribution is 2.40. The summed E-state index contributed by atoms with van der Waals surface area (Å²) in [5.41, 5.74) is 15.4. The summed E-state index contributed by atoms with van der Waals surface area (Å²) in [5.74, 6) is 2.12. The van der Waals surface area contributed by atoms with Crippen molar-refractivity contribution >= 4 is 60.7 Å². The minimum Gasteiger partial charge on any atom is -0.323 e. The van der Waals surface area contributed by atoms with Crippen LogP contribution >= 0.6 is 22.7 Å². The maximum absolute atomic E-state index is 13.6. The number of aromatic nitrogens is 8. The molecule has 12 rings (SSSR count). The molecular formula is C64H57N9O3S3. The number of amides is 1. The van der Waals surface area contributed by atoms with Gasteiger partial charge in [0.15, 0.2) is 0 Å². The van der Waals surface area contributed by atoms with Gasteiger partial charge in [-0.2, -0.15) is 5.21 Å². The van der Waals surface area contributed by atoms with Crippen LogP contribution in [-0.2, 0) is 48.8 Å². The summed E-state index contributed by atoms with van der Waals surface area (Å²) in [6.07, 6.45) is 3.19. The minimum atomic E-state index is -4.14. The fourth-order valence-corrected chi connectivity index (χ4v) is 13.9. The largest absolute Gasteiger partial charge is 0.323 e. The lowest BCUT2D eigenvalue weighted by Crippen LogP contribution is -2.30. The van der Waals surface area contributed by atoms with Gasteiger partial charge in [-0.05, 0) is 100.0 Å². The van der Waals surface area contributed by atoms with E-state index in [9.17, 15) is 13.2 Å². The third kappa shape index (κ3) is 11.5. The summed E-state index contributed by atoms with van der Waals surface area (Å²) in [6.45, 7) is 9.93. The van der Waals surface area contributed by atoms with Gasteiger partial charge in [-0.3, -0.25) is 4.79 Å². The van der Waals surface area contributed by atoms with E-state index in [4.69, 9.17) is 9.97 Å². The Hall–Kier alpha value is -8.63. The van der Waals surface area contributed by atoms with Crippen molar-refractivity contribution < 1.29 is 13.2 Å². The van der Waals surface area contributed by atoms with Gasteiger partial charge < -0.3 is 9.13 Å². The Morgan fingerprint density at radius 2 is 1.04 bits per heavy atom. The van der Waals surface area contributed by atoms with Crippen LogP contribution in [0.15, 0.2) is 192 Å². The van der Waals surface area contributed by atoms with E-state index in [1.54, 1.807) is 41.7 Å². The monoisotopic (exact) mass is 1100 g/mol. The number of aromatic amines is 1. The van der Waals surface area contributed by atoms with Crippen LogP contribution in [-0.4, -0.2) is 54.1 Å². The van der Waals surface area contributed by atoms with Crippen molar-refractivity contribution in [1.29, 1.82) is 0 Å². The van der Waals surface area contributed by atoms with Gasteiger partial charge in [0.25, 0.3) is 15.9 Å². The summed E-state index contributed by atoms with van der Waals surface area (Å²) in [4.78, 5) is 25.8. The quantitative estimate of drug-likeness (QED) is 0.0970. The summed E-state index contributed by atoms with van der Waals surface area (Å²) in [7, 11) is -4.14. The molecule has 0 aliphatic rings. The van der Waals surface area contributed by atoms with Crippen LogP contribution in [0.25, 0.3) is 55.0 Å². The number of nitrogens with zero attached hydrogens (tertiary/aromatic N) is 7. The number of H-pyrrole nitrogens is 1. The lowest BCUT2D eigenvalue weighted by atomic mass is 10.0. The Morgan fingerprint density at radius 1 is 0.557 bits per heavy atom. The van der Waals surface area contributed by atoms with E-state index in [-0.39, 0.29) is 9.77 Å². The molecule has 5 aromatic heterocycles. The molecule has 0 saturated heterocycles. The first-order valence-corrected chi connectivity index (χ1v) is 29.4. The standard InChI is InChI=1S/C35H31N3O3S2.C29H26N6S/c1-3-32-36-33-24(2)11-10-16-31(33)38(32)23-26-17-19-27(20-18-26)30-22-29(21-25-12-6-4-7-13-25)42-35(30)43(40,41)37-34(39)28-14-8-5-9-15-28;1-3-26-30-27-19(2)8-7-11-25(27)35(26)18-21-12-14-22(15-13-21)24-17-23(16-20-9-5-4-6-10-20)36-28(24)29-31-33-34-32-29/h4-20,22H,3,21,23H2,1-2H3,(H,37,39);4-15,17H,3,16,18H2,1-2H3,(H,31,32,33,34). The van der Waals surface area contributed by atoms with Crippen LogP contribution in [0.5, 0.6) is 0 Å². The lowest BCUT2D eigenvalue weighted by molar-refractivity contribution is 0.0981. The van der Waals surface area contributed by atoms with Gasteiger partial charge >= 0.3 is 0 Å². The van der Waals surface area contributed by atoms with Crippen LogP contribution in [0.1, 0.15) is 79.0 Å². The zero-order valence-corrected chi connectivity index (χ0v) is 46.7. The van der Waals surface area contributed by atoms with Gasteiger partial charge in [-0.25, -0.2) is 23.1 Å². The van der Waals surface area contributed by atoms with Crippen molar-refractivity contribution in [1.82, 2.24) is 44.4 Å². The molecule has 7 aromatic carbocycles. The first-order chi connectivity index (χ1) is 38.5. The number of carbonyl (C=O) groups is 1.